The van der Waals surface area contributed by atoms with Gasteiger partial charge in [0.05, 0.1) is 12.2 Å². The molecule has 0 atom stereocenters. The number of nitrogens with one attached hydrogen (secondary N) is 2. The fourth-order valence-corrected chi connectivity index (χ4v) is 3.30. The van der Waals surface area contributed by atoms with Gasteiger partial charge in [0.15, 0.2) is 5.65 Å². The van der Waals surface area contributed by atoms with E-state index in [1.54, 1.807) is 16.8 Å². The van der Waals surface area contributed by atoms with Crippen LogP contribution in [0.25, 0.3) is 11.7 Å². The predicted molar refractivity (Wildman–Crippen MR) is 115 cm³/mol. The molecule has 1 aliphatic carbocycles. The fraction of sp³-hybridized carbons (Fsp3) is 0.250. The number of hydrogen-bond donors (Lipinski definition) is 3. The second kappa shape index (κ2) is 7.55. The fourth-order valence-electron chi connectivity index (χ4n) is 3.17. The van der Waals surface area contributed by atoms with Crippen molar-refractivity contribution in [3.8, 4) is 5.88 Å². The number of nitrogens with zero attached hydrogens (tertiary/aromatic N) is 6. The molecule has 0 spiro atoms. The highest BCUT2D eigenvalue weighted by Gasteiger charge is 2.21. The highest BCUT2D eigenvalue weighted by molar-refractivity contribution is 6.30. The minimum atomic E-state index is -0.498. The monoisotopic (exact) mass is 438 g/mol. The molecule has 0 saturated heterocycles. The van der Waals surface area contributed by atoms with Crippen LogP contribution in [0.1, 0.15) is 24.1 Å². The summed E-state index contributed by atoms with van der Waals surface area (Å²) in [6, 6.07) is 7.84. The summed E-state index contributed by atoms with van der Waals surface area (Å²) in [6.45, 7) is 0.579. The molecule has 11 heteroatoms. The lowest BCUT2D eigenvalue weighted by atomic mass is 10.2. The Labute approximate surface area is 180 Å². The Morgan fingerprint density at radius 3 is 2.74 bits per heavy atom. The number of aromatic nitrogens is 6. The van der Waals surface area contributed by atoms with Crippen molar-refractivity contribution in [1.82, 2.24) is 29.5 Å². The van der Waals surface area contributed by atoms with Gasteiger partial charge >= 0.3 is 5.69 Å². The SMILES string of the molecule is CN(Cc1ccc(Cl)cc1)c1nc(=NC2CC2)n2ncc(=Cc3[nH]c(=O)[nH]c3O)c2n1. The summed E-state index contributed by atoms with van der Waals surface area (Å²) >= 11 is 5.98. The molecule has 1 saturated carbocycles. The van der Waals surface area contributed by atoms with Gasteiger partial charge in [-0.25, -0.2) is 9.79 Å². The first-order valence-corrected chi connectivity index (χ1v) is 10.1. The molecule has 4 aromatic rings. The molecule has 1 fully saturated rings. The van der Waals surface area contributed by atoms with Crippen LogP contribution >= 0.6 is 11.6 Å². The van der Waals surface area contributed by atoms with Crippen LogP contribution in [-0.4, -0.2) is 47.7 Å². The van der Waals surface area contributed by atoms with Gasteiger partial charge in [0.25, 0.3) is 5.62 Å². The number of aromatic amines is 2. The van der Waals surface area contributed by atoms with E-state index >= 15 is 0 Å². The lowest BCUT2D eigenvalue weighted by Crippen LogP contribution is -2.28. The quantitative estimate of drug-likeness (QED) is 0.422. The summed E-state index contributed by atoms with van der Waals surface area (Å²) in [5.41, 5.74) is 1.80. The smallest absolute Gasteiger partial charge is 0.326 e. The van der Waals surface area contributed by atoms with Crippen LogP contribution in [0.15, 0.2) is 40.2 Å². The van der Waals surface area contributed by atoms with E-state index in [1.165, 1.54) is 0 Å². The largest absolute Gasteiger partial charge is 0.493 e. The van der Waals surface area contributed by atoms with E-state index in [1.807, 2.05) is 36.2 Å². The topological polar surface area (TPSA) is 128 Å². The van der Waals surface area contributed by atoms with Crippen molar-refractivity contribution in [1.29, 1.82) is 0 Å². The molecule has 3 heterocycles. The average molecular weight is 439 g/mol. The number of aromatic hydroxyl groups is 1. The maximum Gasteiger partial charge on any atom is 0.326 e. The number of fused-ring (bicyclic) bond motifs is 1. The third-order valence-corrected chi connectivity index (χ3v) is 5.17. The molecule has 158 valence electrons. The summed E-state index contributed by atoms with van der Waals surface area (Å²) < 4.78 is 1.57. The summed E-state index contributed by atoms with van der Waals surface area (Å²) in [4.78, 5) is 32.2. The standard InChI is InChI=1S/C20H19ClN8O2/c1-28(10-11-2-4-13(21)5-3-11)18-25-16-12(8-15-17(30)26-20(31)24-15)9-22-29(16)19(27-18)23-14-6-7-14/h2-5,8-9,14,30H,6-7,10H2,1H3,(H2,24,26,31). The molecule has 5 rings (SSSR count). The number of hydrogen-bond acceptors (Lipinski definition) is 7. The number of rotatable bonds is 5. The van der Waals surface area contributed by atoms with Crippen molar-refractivity contribution in [3.63, 3.8) is 0 Å². The Balaban J connectivity index is 1.62. The zero-order valence-electron chi connectivity index (χ0n) is 16.6. The van der Waals surface area contributed by atoms with Crippen molar-refractivity contribution in [2.24, 2.45) is 4.99 Å². The normalized spacial score (nSPS) is 15.2. The number of imidazole rings is 1. The first-order valence-electron chi connectivity index (χ1n) is 9.74. The number of H-pyrrole nitrogens is 2. The molecule has 10 nitrogen and oxygen atoms in total. The van der Waals surface area contributed by atoms with Crippen molar-refractivity contribution in [2.45, 2.75) is 25.4 Å². The summed E-state index contributed by atoms with van der Waals surface area (Å²) in [7, 11) is 1.90. The highest BCUT2D eigenvalue weighted by Crippen LogP contribution is 2.22. The lowest BCUT2D eigenvalue weighted by molar-refractivity contribution is 0.454. The second-order valence-corrected chi connectivity index (χ2v) is 7.92. The van der Waals surface area contributed by atoms with E-state index in [2.05, 4.69) is 30.0 Å². The Kier molecular flexibility index (Phi) is 4.70. The van der Waals surface area contributed by atoms with Gasteiger partial charge < -0.3 is 15.0 Å². The van der Waals surface area contributed by atoms with Crippen LogP contribution in [0.5, 0.6) is 5.88 Å². The molecule has 1 aliphatic rings. The molecule has 3 N–H and O–H groups in total. The third-order valence-electron chi connectivity index (χ3n) is 4.92. The minimum Gasteiger partial charge on any atom is -0.493 e. The molecular weight excluding hydrogens is 420 g/mol. The molecule has 1 aromatic carbocycles. The van der Waals surface area contributed by atoms with Crippen LogP contribution in [0, 0.1) is 0 Å². The number of anilines is 1. The van der Waals surface area contributed by atoms with Gasteiger partial charge in [0.1, 0.15) is 5.69 Å². The maximum atomic E-state index is 11.5. The zero-order chi connectivity index (χ0) is 21.5. The van der Waals surface area contributed by atoms with E-state index in [4.69, 9.17) is 11.6 Å². The molecule has 0 bridgehead atoms. The Morgan fingerprint density at radius 2 is 2.06 bits per heavy atom. The van der Waals surface area contributed by atoms with E-state index in [0.717, 1.165) is 18.4 Å². The van der Waals surface area contributed by atoms with Crippen molar-refractivity contribution < 1.29 is 5.11 Å². The van der Waals surface area contributed by atoms with Crippen molar-refractivity contribution >= 4 is 29.3 Å². The molecule has 0 radical (unpaired) electrons. The number of benzene rings is 1. The van der Waals surface area contributed by atoms with Crippen LogP contribution in [0.3, 0.4) is 0 Å². The molecule has 31 heavy (non-hydrogen) atoms. The van der Waals surface area contributed by atoms with Crippen molar-refractivity contribution in [3.05, 3.63) is 68.1 Å². The first kappa shape index (κ1) is 19.3. The zero-order valence-corrected chi connectivity index (χ0v) is 17.3. The maximum absolute atomic E-state index is 11.5. The molecular formula is C20H19ClN8O2. The molecule has 3 aromatic heterocycles. The van der Waals surface area contributed by atoms with Gasteiger partial charge in [-0.1, -0.05) is 23.7 Å². The van der Waals surface area contributed by atoms with Gasteiger partial charge in [-0.2, -0.15) is 19.6 Å². The average Bonchev–Trinajstić information content (AvgIpc) is 3.38. The van der Waals surface area contributed by atoms with Gasteiger partial charge in [-0.3, -0.25) is 4.98 Å². The van der Waals surface area contributed by atoms with Gasteiger partial charge in [-0.15, -0.1) is 0 Å². The van der Waals surface area contributed by atoms with Crippen LogP contribution in [0.4, 0.5) is 5.95 Å². The van der Waals surface area contributed by atoms with Gasteiger partial charge in [0, 0.05) is 23.8 Å². The molecule has 0 amide bonds. The van der Waals surface area contributed by atoms with E-state index in [0.29, 0.717) is 34.0 Å². The Morgan fingerprint density at radius 1 is 1.29 bits per heavy atom. The van der Waals surface area contributed by atoms with E-state index in [-0.39, 0.29) is 17.6 Å². The second-order valence-electron chi connectivity index (χ2n) is 7.49. The third kappa shape index (κ3) is 4.02. The molecule has 0 aliphatic heterocycles. The van der Waals surface area contributed by atoms with Crippen LogP contribution < -0.4 is 21.4 Å². The van der Waals surface area contributed by atoms with Crippen LogP contribution in [0.2, 0.25) is 5.02 Å². The summed E-state index contributed by atoms with van der Waals surface area (Å²) in [6.07, 6.45) is 5.26. The number of halogens is 1. The Bertz CT molecular complexity index is 1430. The predicted octanol–water partition coefficient (Wildman–Crippen LogP) is 0.747. The summed E-state index contributed by atoms with van der Waals surface area (Å²) in [5, 5.41) is 15.6. The lowest BCUT2D eigenvalue weighted by Gasteiger charge is -2.17. The Hall–Kier alpha value is -3.66. The minimum absolute atomic E-state index is 0.245. The van der Waals surface area contributed by atoms with Gasteiger partial charge in [0.2, 0.25) is 11.8 Å². The van der Waals surface area contributed by atoms with Gasteiger partial charge in [-0.05, 0) is 36.6 Å². The first-order chi connectivity index (χ1) is 15.0. The summed E-state index contributed by atoms with van der Waals surface area (Å²) in [5.74, 6) is 0.241. The highest BCUT2D eigenvalue weighted by atomic mass is 35.5. The van der Waals surface area contributed by atoms with E-state index < -0.39 is 5.69 Å². The van der Waals surface area contributed by atoms with E-state index in [9.17, 15) is 9.90 Å². The molecule has 0 unspecified atom stereocenters. The van der Waals surface area contributed by atoms with Crippen LogP contribution in [-0.2, 0) is 6.54 Å². The van der Waals surface area contributed by atoms with Crippen molar-refractivity contribution in [2.75, 3.05) is 11.9 Å².